The van der Waals surface area contributed by atoms with Crippen LogP contribution in [0.5, 0.6) is 0 Å². The monoisotopic (exact) mass is 247 g/mol. The van der Waals surface area contributed by atoms with E-state index >= 15 is 0 Å². The summed E-state index contributed by atoms with van der Waals surface area (Å²) in [6.45, 7) is 3.64. The molecule has 1 saturated heterocycles. The highest BCUT2D eigenvalue weighted by Crippen LogP contribution is 2.30. The van der Waals surface area contributed by atoms with Gasteiger partial charge in [-0.2, -0.15) is 5.26 Å². The molecule has 96 valence electrons. The second-order valence-corrected chi connectivity index (χ2v) is 4.95. The lowest BCUT2D eigenvalue weighted by molar-refractivity contribution is 0.373. The molecule has 1 aromatic carbocycles. The minimum atomic E-state index is -0.365. The fourth-order valence-electron chi connectivity index (χ4n) is 2.56. The first-order valence-electron chi connectivity index (χ1n) is 6.32. The zero-order chi connectivity index (χ0) is 13.1. The Kier molecular flexibility index (Phi) is 3.83. The molecular formula is C14H18FN3. The molecule has 3 nitrogen and oxygen atoms in total. The normalized spacial score (nSPS) is 23.8. The third kappa shape index (κ3) is 2.46. The smallest absolute Gasteiger partial charge is 0.124 e. The minimum absolute atomic E-state index is 0.365. The molecule has 2 rings (SSSR count). The summed E-state index contributed by atoms with van der Waals surface area (Å²) in [7, 11) is 0. The lowest BCUT2D eigenvalue weighted by Gasteiger charge is -2.39. The first-order valence-corrected chi connectivity index (χ1v) is 6.32. The molecule has 0 spiro atoms. The van der Waals surface area contributed by atoms with Crippen molar-refractivity contribution in [3.05, 3.63) is 29.6 Å². The van der Waals surface area contributed by atoms with E-state index < -0.39 is 0 Å². The fourth-order valence-corrected chi connectivity index (χ4v) is 2.56. The van der Waals surface area contributed by atoms with Crippen LogP contribution in [-0.2, 0) is 0 Å². The van der Waals surface area contributed by atoms with Gasteiger partial charge in [0.25, 0.3) is 0 Å². The molecule has 0 amide bonds. The second kappa shape index (κ2) is 5.36. The molecule has 2 N–H and O–H groups in total. The Balaban J connectivity index is 2.32. The standard InChI is InChI=1S/C14H18FN3/c1-10-2-3-11(7-16)9-18(10)14-5-4-13(15)6-12(14)8-17/h4-6,10-11H,2-3,7,9,16H2,1H3. The molecule has 1 aliphatic rings. The summed E-state index contributed by atoms with van der Waals surface area (Å²) in [5.74, 6) is 0.0909. The molecule has 0 saturated carbocycles. The third-order valence-electron chi connectivity index (χ3n) is 3.70. The zero-order valence-corrected chi connectivity index (χ0v) is 10.6. The van der Waals surface area contributed by atoms with Crippen LogP contribution < -0.4 is 10.6 Å². The van der Waals surface area contributed by atoms with Gasteiger partial charge in [0.05, 0.1) is 11.3 Å². The SMILES string of the molecule is CC1CCC(CN)CN1c1ccc(F)cc1C#N. The van der Waals surface area contributed by atoms with E-state index in [1.165, 1.54) is 12.1 Å². The van der Waals surface area contributed by atoms with E-state index in [2.05, 4.69) is 17.9 Å². The van der Waals surface area contributed by atoms with Crippen LogP contribution in [0, 0.1) is 23.1 Å². The average Bonchev–Trinajstić information content (AvgIpc) is 2.39. The van der Waals surface area contributed by atoms with Crippen molar-refractivity contribution in [2.75, 3.05) is 18.0 Å². The quantitative estimate of drug-likeness (QED) is 0.872. The van der Waals surface area contributed by atoms with E-state index in [9.17, 15) is 4.39 Å². The predicted molar refractivity (Wildman–Crippen MR) is 69.7 cm³/mol. The number of nitrogens with two attached hydrogens (primary N) is 1. The topological polar surface area (TPSA) is 53.0 Å². The number of nitriles is 1. The molecule has 0 radical (unpaired) electrons. The molecule has 0 aromatic heterocycles. The number of benzene rings is 1. The molecular weight excluding hydrogens is 229 g/mol. The van der Waals surface area contributed by atoms with Crippen molar-refractivity contribution < 1.29 is 4.39 Å². The zero-order valence-electron chi connectivity index (χ0n) is 10.6. The maximum atomic E-state index is 13.2. The summed E-state index contributed by atoms with van der Waals surface area (Å²) in [5, 5.41) is 9.11. The van der Waals surface area contributed by atoms with Gasteiger partial charge in [0.1, 0.15) is 11.9 Å². The Bertz CT molecular complexity index is 467. The Hall–Kier alpha value is -1.60. The van der Waals surface area contributed by atoms with Crippen LogP contribution in [-0.4, -0.2) is 19.1 Å². The summed E-state index contributed by atoms with van der Waals surface area (Å²) >= 11 is 0. The molecule has 1 aliphatic heterocycles. The van der Waals surface area contributed by atoms with Gasteiger partial charge in [-0.15, -0.1) is 0 Å². The summed E-state index contributed by atoms with van der Waals surface area (Å²) < 4.78 is 13.2. The number of halogens is 1. The molecule has 1 heterocycles. The Morgan fingerprint density at radius 3 is 2.94 bits per heavy atom. The second-order valence-electron chi connectivity index (χ2n) is 4.95. The molecule has 0 aliphatic carbocycles. The van der Waals surface area contributed by atoms with Gasteiger partial charge in [-0.3, -0.25) is 0 Å². The van der Waals surface area contributed by atoms with Crippen molar-refractivity contribution in [1.82, 2.24) is 0 Å². The van der Waals surface area contributed by atoms with Crippen LogP contribution >= 0.6 is 0 Å². The number of anilines is 1. The highest BCUT2D eigenvalue weighted by molar-refractivity contribution is 5.60. The third-order valence-corrected chi connectivity index (χ3v) is 3.70. The van der Waals surface area contributed by atoms with Gasteiger partial charge in [0.15, 0.2) is 0 Å². The van der Waals surface area contributed by atoms with Gasteiger partial charge in [-0.25, -0.2) is 4.39 Å². The lowest BCUT2D eigenvalue weighted by Crippen LogP contribution is -2.44. The summed E-state index contributed by atoms with van der Waals surface area (Å²) in [6, 6.07) is 6.85. The summed E-state index contributed by atoms with van der Waals surface area (Å²) in [5.41, 5.74) is 6.96. The van der Waals surface area contributed by atoms with Gasteiger partial charge >= 0.3 is 0 Å². The molecule has 1 aromatic rings. The fraction of sp³-hybridized carbons (Fsp3) is 0.500. The van der Waals surface area contributed by atoms with Gasteiger partial charge in [0, 0.05) is 12.6 Å². The van der Waals surface area contributed by atoms with Crippen molar-refractivity contribution in [2.45, 2.75) is 25.8 Å². The Morgan fingerprint density at radius 2 is 2.28 bits per heavy atom. The number of hydrogen-bond acceptors (Lipinski definition) is 3. The molecule has 0 bridgehead atoms. The summed E-state index contributed by atoms with van der Waals surface area (Å²) in [6.07, 6.45) is 2.18. The van der Waals surface area contributed by atoms with Crippen molar-refractivity contribution in [3.8, 4) is 6.07 Å². The van der Waals surface area contributed by atoms with Crippen molar-refractivity contribution in [2.24, 2.45) is 11.7 Å². The van der Waals surface area contributed by atoms with Crippen LogP contribution in [0.1, 0.15) is 25.3 Å². The van der Waals surface area contributed by atoms with Crippen LogP contribution in [0.15, 0.2) is 18.2 Å². The first kappa shape index (κ1) is 12.8. The van der Waals surface area contributed by atoms with Crippen LogP contribution in [0.3, 0.4) is 0 Å². The summed E-state index contributed by atoms with van der Waals surface area (Å²) in [4.78, 5) is 2.18. The molecule has 4 heteroatoms. The lowest BCUT2D eigenvalue weighted by atomic mass is 9.92. The largest absolute Gasteiger partial charge is 0.367 e. The maximum Gasteiger partial charge on any atom is 0.124 e. The van der Waals surface area contributed by atoms with Gasteiger partial charge in [-0.1, -0.05) is 0 Å². The van der Waals surface area contributed by atoms with Crippen LogP contribution in [0.2, 0.25) is 0 Å². The van der Waals surface area contributed by atoms with Crippen LogP contribution in [0.25, 0.3) is 0 Å². The molecule has 2 unspecified atom stereocenters. The van der Waals surface area contributed by atoms with Crippen molar-refractivity contribution in [3.63, 3.8) is 0 Å². The van der Waals surface area contributed by atoms with Crippen molar-refractivity contribution >= 4 is 5.69 Å². The van der Waals surface area contributed by atoms with E-state index in [0.717, 1.165) is 25.1 Å². The van der Waals surface area contributed by atoms with E-state index in [4.69, 9.17) is 11.0 Å². The minimum Gasteiger partial charge on any atom is -0.367 e. The predicted octanol–water partition coefficient (Wildman–Crippen LogP) is 2.26. The van der Waals surface area contributed by atoms with E-state index in [0.29, 0.717) is 24.1 Å². The van der Waals surface area contributed by atoms with Gasteiger partial charge in [-0.05, 0) is 50.4 Å². The maximum absolute atomic E-state index is 13.2. The Morgan fingerprint density at radius 1 is 1.50 bits per heavy atom. The first-order chi connectivity index (χ1) is 8.65. The number of rotatable bonds is 2. The van der Waals surface area contributed by atoms with E-state index in [1.807, 2.05) is 0 Å². The average molecular weight is 247 g/mol. The number of nitrogens with zero attached hydrogens (tertiary/aromatic N) is 2. The molecule has 1 fully saturated rings. The molecule has 2 atom stereocenters. The highest BCUT2D eigenvalue weighted by Gasteiger charge is 2.26. The van der Waals surface area contributed by atoms with Gasteiger partial charge in [0.2, 0.25) is 0 Å². The number of hydrogen-bond donors (Lipinski definition) is 1. The highest BCUT2D eigenvalue weighted by atomic mass is 19.1. The molecule has 18 heavy (non-hydrogen) atoms. The Labute approximate surface area is 107 Å². The van der Waals surface area contributed by atoms with Crippen molar-refractivity contribution in [1.29, 1.82) is 5.26 Å². The van der Waals surface area contributed by atoms with E-state index in [-0.39, 0.29) is 5.82 Å². The van der Waals surface area contributed by atoms with Crippen LogP contribution in [0.4, 0.5) is 10.1 Å². The van der Waals surface area contributed by atoms with Gasteiger partial charge < -0.3 is 10.6 Å². The van der Waals surface area contributed by atoms with E-state index in [1.54, 1.807) is 6.07 Å². The number of piperidine rings is 1.